The number of ether oxygens (including phenoxy) is 2. The average molecular weight is 439 g/mol. The van der Waals surface area contributed by atoms with E-state index in [1.165, 1.54) is 6.20 Å². The molecular formula is C24H30N4O4. The van der Waals surface area contributed by atoms with Crippen LogP contribution in [0.2, 0.25) is 0 Å². The minimum Gasteiger partial charge on any atom is -0.497 e. The van der Waals surface area contributed by atoms with E-state index < -0.39 is 11.3 Å². The second-order valence-electron chi connectivity index (χ2n) is 8.52. The molecule has 1 aromatic heterocycles. The van der Waals surface area contributed by atoms with Crippen molar-refractivity contribution in [2.75, 3.05) is 26.9 Å². The Kier molecular flexibility index (Phi) is 6.41. The highest BCUT2D eigenvalue weighted by atomic mass is 16.5. The molecule has 8 heteroatoms. The molecule has 0 saturated carbocycles. The first-order valence-electron chi connectivity index (χ1n) is 11.1. The summed E-state index contributed by atoms with van der Waals surface area (Å²) in [4.78, 5) is 36.7. The highest BCUT2D eigenvalue weighted by molar-refractivity contribution is 5.93. The Morgan fingerprint density at radius 2 is 1.91 bits per heavy atom. The molecule has 2 amide bonds. The van der Waals surface area contributed by atoms with E-state index in [2.05, 4.69) is 9.97 Å². The van der Waals surface area contributed by atoms with E-state index in [0.717, 1.165) is 30.6 Å². The predicted molar refractivity (Wildman–Crippen MR) is 118 cm³/mol. The van der Waals surface area contributed by atoms with Crippen LogP contribution in [0, 0.1) is 6.92 Å². The van der Waals surface area contributed by atoms with Gasteiger partial charge in [0.05, 0.1) is 29.8 Å². The van der Waals surface area contributed by atoms with E-state index in [1.54, 1.807) is 14.0 Å². The first-order chi connectivity index (χ1) is 15.5. The van der Waals surface area contributed by atoms with E-state index in [9.17, 15) is 9.59 Å². The van der Waals surface area contributed by atoms with E-state index >= 15 is 0 Å². The summed E-state index contributed by atoms with van der Waals surface area (Å²) in [7, 11) is 1.63. The molecule has 170 valence electrons. The lowest BCUT2D eigenvalue weighted by molar-refractivity contribution is -0.145. The number of amides is 2. The summed E-state index contributed by atoms with van der Waals surface area (Å²) >= 11 is 0. The number of rotatable bonds is 5. The Bertz CT molecular complexity index is 986. The summed E-state index contributed by atoms with van der Waals surface area (Å²) in [5.74, 6) is 0.873. The van der Waals surface area contributed by atoms with Gasteiger partial charge in [-0.2, -0.15) is 0 Å². The molecule has 32 heavy (non-hydrogen) atoms. The van der Waals surface area contributed by atoms with Crippen molar-refractivity contribution in [3.05, 3.63) is 53.1 Å². The summed E-state index contributed by atoms with van der Waals surface area (Å²) in [6.45, 7) is 3.48. The molecule has 1 atom stereocenters. The molecule has 1 aromatic carbocycles. The van der Waals surface area contributed by atoms with Gasteiger partial charge in [0.25, 0.3) is 5.91 Å². The normalized spacial score (nSPS) is 20.6. The molecule has 2 N–H and O–H groups in total. The standard InChI is InChI=1S/C24H30N4O4/c1-16-19(21(25)29)15-26-22(27-16)20-5-3-4-12-28(20)23(30)24(10-13-32-14-11-24)17-6-8-18(31-2)9-7-17/h6-9,15,20H,3-5,10-14H2,1-2H3,(H2,25,29)/t20-/m0/s1. The van der Waals surface area contributed by atoms with Crippen LogP contribution in [0.3, 0.4) is 0 Å². The minimum absolute atomic E-state index is 0.0934. The summed E-state index contributed by atoms with van der Waals surface area (Å²) in [6.07, 6.45) is 5.45. The van der Waals surface area contributed by atoms with E-state index in [4.69, 9.17) is 15.2 Å². The molecular weight excluding hydrogens is 408 g/mol. The number of carbonyl (C=O) groups is 2. The van der Waals surface area contributed by atoms with Crippen LogP contribution >= 0.6 is 0 Å². The monoisotopic (exact) mass is 438 g/mol. The molecule has 4 rings (SSSR count). The second kappa shape index (κ2) is 9.24. The zero-order chi connectivity index (χ0) is 22.7. The minimum atomic E-state index is -0.650. The number of aromatic nitrogens is 2. The highest BCUT2D eigenvalue weighted by Crippen LogP contribution is 2.41. The lowest BCUT2D eigenvalue weighted by Crippen LogP contribution is -2.52. The molecule has 2 saturated heterocycles. The average Bonchev–Trinajstić information content (AvgIpc) is 2.83. The van der Waals surface area contributed by atoms with Crippen LogP contribution in [0.25, 0.3) is 0 Å². The number of primary amides is 1. The molecule has 2 fully saturated rings. The van der Waals surface area contributed by atoms with Gasteiger partial charge in [-0.1, -0.05) is 12.1 Å². The number of piperidine rings is 1. The summed E-state index contributed by atoms with van der Waals surface area (Å²) in [6, 6.07) is 7.56. The maximum absolute atomic E-state index is 14.2. The summed E-state index contributed by atoms with van der Waals surface area (Å²) in [5, 5.41) is 0. The number of hydrogen-bond acceptors (Lipinski definition) is 6. The molecule has 2 aliphatic rings. The maximum Gasteiger partial charge on any atom is 0.252 e. The van der Waals surface area contributed by atoms with Crippen LogP contribution in [0.1, 0.15) is 65.6 Å². The van der Waals surface area contributed by atoms with Gasteiger partial charge >= 0.3 is 0 Å². The molecule has 2 aliphatic heterocycles. The van der Waals surface area contributed by atoms with Crippen molar-refractivity contribution in [1.29, 1.82) is 0 Å². The molecule has 8 nitrogen and oxygen atoms in total. The second-order valence-corrected chi connectivity index (χ2v) is 8.52. The molecule has 0 aliphatic carbocycles. The van der Waals surface area contributed by atoms with Crippen LogP contribution in [-0.2, 0) is 14.9 Å². The largest absolute Gasteiger partial charge is 0.497 e. The number of hydrogen-bond donors (Lipinski definition) is 1. The van der Waals surface area contributed by atoms with Crippen LogP contribution in [0.15, 0.2) is 30.5 Å². The Labute approximate surface area is 188 Å². The van der Waals surface area contributed by atoms with Crippen LogP contribution in [0.5, 0.6) is 5.75 Å². The lowest BCUT2D eigenvalue weighted by Gasteiger charge is -2.44. The van der Waals surface area contributed by atoms with Gasteiger partial charge in [0.1, 0.15) is 5.75 Å². The first-order valence-corrected chi connectivity index (χ1v) is 11.1. The Morgan fingerprint density at radius 1 is 1.19 bits per heavy atom. The number of nitrogens with two attached hydrogens (primary N) is 1. The predicted octanol–water partition coefficient (Wildman–Crippen LogP) is 2.69. The Balaban J connectivity index is 1.70. The summed E-state index contributed by atoms with van der Waals surface area (Å²) in [5.41, 5.74) is 6.59. The van der Waals surface area contributed by atoms with Crippen molar-refractivity contribution >= 4 is 11.8 Å². The molecule has 0 unspecified atom stereocenters. The molecule has 0 radical (unpaired) electrons. The van der Waals surface area contributed by atoms with Gasteiger partial charge in [0, 0.05) is 26.0 Å². The van der Waals surface area contributed by atoms with Gasteiger partial charge in [-0.05, 0) is 56.7 Å². The van der Waals surface area contributed by atoms with Crippen molar-refractivity contribution in [1.82, 2.24) is 14.9 Å². The van der Waals surface area contributed by atoms with E-state index in [1.807, 2.05) is 29.2 Å². The fourth-order valence-electron chi connectivity index (χ4n) is 4.86. The van der Waals surface area contributed by atoms with Crippen molar-refractivity contribution in [2.45, 2.75) is 50.5 Å². The van der Waals surface area contributed by atoms with Crippen LogP contribution in [-0.4, -0.2) is 53.6 Å². The topological polar surface area (TPSA) is 108 Å². The first kappa shape index (κ1) is 22.2. The number of benzene rings is 1. The third-order valence-corrected chi connectivity index (χ3v) is 6.72. The maximum atomic E-state index is 14.2. The number of likely N-dealkylation sites (tertiary alicyclic amines) is 1. The number of carbonyl (C=O) groups excluding carboxylic acids is 2. The van der Waals surface area contributed by atoms with Crippen molar-refractivity contribution in [3.63, 3.8) is 0 Å². The third-order valence-electron chi connectivity index (χ3n) is 6.72. The number of nitrogens with zero attached hydrogens (tertiary/aromatic N) is 3. The number of aryl methyl sites for hydroxylation is 1. The number of methoxy groups -OCH3 is 1. The van der Waals surface area contributed by atoms with Crippen LogP contribution < -0.4 is 10.5 Å². The SMILES string of the molecule is COc1ccc(C2(C(=O)N3CCCC[C@H]3c3ncc(C(N)=O)c(C)n3)CCOCC2)cc1. The zero-order valence-electron chi connectivity index (χ0n) is 18.7. The molecule has 0 spiro atoms. The van der Waals surface area contributed by atoms with Crippen LogP contribution in [0.4, 0.5) is 0 Å². The Hall–Kier alpha value is -3.00. The molecule has 2 aromatic rings. The van der Waals surface area contributed by atoms with Gasteiger partial charge < -0.3 is 20.1 Å². The fraction of sp³-hybridized carbons (Fsp3) is 0.500. The van der Waals surface area contributed by atoms with Crippen molar-refractivity contribution < 1.29 is 19.1 Å². The van der Waals surface area contributed by atoms with Crippen molar-refractivity contribution in [3.8, 4) is 5.75 Å². The lowest BCUT2D eigenvalue weighted by atomic mass is 9.72. The third kappa shape index (κ3) is 4.07. The van der Waals surface area contributed by atoms with Gasteiger partial charge in [0.15, 0.2) is 5.82 Å². The quantitative estimate of drug-likeness (QED) is 0.769. The van der Waals surface area contributed by atoms with Gasteiger partial charge in [0.2, 0.25) is 5.91 Å². The summed E-state index contributed by atoms with van der Waals surface area (Å²) < 4.78 is 10.9. The Morgan fingerprint density at radius 3 is 2.53 bits per heavy atom. The molecule has 0 bridgehead atoms. The van der Waals surface area contributed by atoms with Gasteiger partial charge in [-0.3, -0.25) is 9.59 Å². The smallest absolute Gasteiger partial charge is 0.252 e. The fourth-order valence-corrected chi connectivity index (χ4v) is 4.86. The highest BCUT2D eigenvalue weighted by Gasteiger charge is 2.46. The van der Waals surface area contributed by atoms with Gasteiger partial charge in [-0.15, -0.1) is 0 Å². The zero-order valence-corrected chi connectivity index (χ0v) is 18.7. The molecule has 3 heterocycles. The van der Waals surface area contributed by atoms with E-state index in [0.29, 0.717) is 49.7 Å². The van der Waals surface area contributed by atoms with Gasteiger partial charge in [-0.25, -0.2) is 9.97 Å². The van der Waals surface area contributed by atoms with E-state index in [-0.39, 0.29) is 11.9 Å². The van der Waals surface area contributed by atoms with Crippen molar-refractivity contribution in [2.24, 2.45) is 5.73 Å².